The molecule has 0 atom stereocenters. The predicted octanol–water partition coefficient (Wildman–Crippen LogP) is 0.151. The fourth-order valence-electron chi connectivity index (χ4n) is 1.36. The van der Waals surface area contributed by atoms with Gasteiger partial charge in [0.2, 0.25) is 10.0 Å². The van der Waals surface area contributed by atoms with E-state index in [1.807, 2.05) is 0 Å². The van der Waals surface area contributed by atoms with Crippen molar-refractivity contribution in [3.05, 3.63) is 18.2 Å². The van der Waals surface area contributed by atoms with Crippen LogP contribution in [0, 0.1) is 0 Å². The monoisotopic (exact) mass is 321 g/mol. The van der Waals surface area contributed by atoms with Crippen LogP contribution >= 0.6 is 0 Å². The number of nitrogen functional groups attached to an aromatic ring is 1. The van der Waals surface area contributed by atoms with Gasteiger partial charge in [0.1, 0.15) is 4.90 Å². The second-order valence-corrected chi connectivity index (χ2v) is 9.36. The topological polar surface area (TPSA) is 132 Å². The van der Waals surface area contributed by atoms with E-state index in [0.717, 1.165) is 6.26 Å². The van der Waals surface area contributed by atoms with Crippen LogP contribution in [0.5, 0.6) is 0 Å². The molecule has 0 saturated heterocycles. The van der Waals surface area contributed by atoms with Crippen LogP contribution in [0.1, 0.15) is 13.8 Å². The third kappa shape index (κ3) is 3.84. The van der Waals surface area contributed by atoms with Crippen LogP contribution in [-0.4, -0.2) is 34.4 Å². The Balaban J connectivity index is 2.95. The maximum atomic E-state index is 11.6. The molecule has 0 saturated carbocycles. The Morgan fingerprint density at radius 1 is 1.20 bits per heavy atom. The van der Waals surface area contributed by atoms with Gasteiger partial charge in [-0.05, 0) is 32.0 Å². The third-order valence-electron chi connectivity index (χ3n) is 3.04. The van der Waals surface area contributed by atoms with E-state index in [0.29, 0.717) is 5.69 Å². The van der Waals surface area contributed by atoms with Gasteiger partial charge in [-0.15, -0.1) is 0 Å². The van der Waals surface area contributed by atoms with E-state index in [1.54, 1.807) is 13.8 Å². The summed E-state index contributed by atoms with van der Waals surface area (Å²) in [6.07, 6.45) is 1.16. The van der Waals surface area contributed by atoms with Crippen molar-refractivity contribution in [2.45, 2.75) is 23.5 Å². The molecule has 0 aliphatic rings. The summed E-state index contributed by atoms with van der Waals surface area (Å²) in [6, 6.07) is 4.16. The Morgan fingerprint density at radius 2 is 1.75 bits per heavy atom. The number of anilines is 2. The molecule has 0 aliphatic carbocycles. The average Bonchev–Trinajstić information content (AvgIpc) is 2.23. The Morgan fingerprint density at radius 3 is 2.15 bits per heavy atom. The van der Waals surface area contributed by atoms with E-state index in [9.17, 15) is 16.8 Å². The van der Waals surface area contributed by atoms with Gasteiger partial charge in [-0.1, -0.05) is 0 Å². The van der Waals surface area contributed by atoms with Gasteiger partial charge in [-0.25, -0.2) is 22.0 Å². The maximum absolute atomic E-state index is 11.6. The highest BCUT2D eigenvalue weighted by Gasteiger charge is 2.29. The molecule has 20 heavy (non-hydrogen) atoms. The average molecular weight is 321 g/mol. The number of rotatable bonds is 5. The quantitative estimate of drug-likeness (QED) is 0.661. The third-order valence-corrected chi connectivity index (χ3v) is 6.18. The Kier molecular flexibility index (Phi) is 4.37. The van der Waals surface area contributed by atoms with Crippen molar-refractivity contribution in [2.75, 3.05) is 23.9 Å². The minimum Gasteiger partial charge on any atom is -0.398 e. The molecule has 0 radical (unpaired) electrons. The van der Waals surface area contributed by atoms with Crippen LogP contribution in [0.2, 0.25) is 0 Å². The number of hydrogen-bond acceptors (Lipinski definition) is 6. The summed E-state index contributed by atoms with van der Waals surface area (Å²) >= 11 is 0. The van der Waals surface area contributed by atoms with Crippen molar-refractivity contribution in [2.24, 2.45) is 5.14 Å². The highest BCUT2D eigenvalue weighted by atomic mass is 32.2. The molecule has 1 aromatic rings. The molecule has 5 N–H and O–H groups in total. The SMILES string of the molecule is CC(C)(CNc1ccc(S(N)(=O)=O)c(N)c1)S(C)(=O)=O. The van der Waals surface area contributed by atoms with E-state index in [1.165, 1.54) is 18.2 Å². The first-order chi connectivity index (χ1) is 8.84. The van der Waals surface area contributed by atoms with Gasteiger partial charge in [-0.2, -0.15) is 0 Å². The molecular weight excluding hydrogens is 302 g/mol. The van der Waals surface area contributed by atoms with Gasteiger partial charge < -0.3 is 11.1 Å². The number of sulfonamides is 1. The van der Waals surface area contributed by atoms with Crippen LogP contribution in [-0.2, 0) is 19.9 Å². The van der Waals surface area contributed by atoms with Crippen molar-refractivity contribution in [1.29, 1.82) is 0 Å². The highest BCUT2D eigenvalue weighted by Crippen LogP contribution is 2.23. The Hall–Kier alpha value is -1.32. The summed E-state index contributed by atoms with van der Waals surface area (Å²) < 4.78 is 44.6. The molecule has 0 fully saturated rings. The molecule has 0 aromatic heterocycles. The summed E-state index contributed by atoms with van der Waals surface area (Å²) in [7, 11) is -7.09. The number of benzene rings is 1. The molecule has 114 valence electrons. The van der Waals surface area contributed by atoms with Crippen molar-refractivity contribution in [3.8, 4) is 0 Å². The zero-order valence-corrected chi connectivity index (χ0v) is 13.2. The molecule has 0 unspecified atom stereocenters. The van der Waals surface area contributed by atoms with E-state index in [2.05, 4.69) is 5.32 Å². The molecule has 1 rings (SSSR count). The summed E-state index contributed by atoms with van der Waals surface area (Å²) in [5, 5.41) is 7.92. The zero-order valence-electron chi connectivity index (χ0n) is 11.5. The van der Waals surface area contributed by atoms with Crippen molar-refractivity contribution in [1.82, 2.24) is 0 Å². The summed E-state index contributed by atoms with van der Waals surface area (Å²) in [6.45, 7) is 3.36. The fourth-order valence-corrected chi connectivity index (χ4v) is 2.34. The lowest BCUT2D eigenvalue weighted by molar-refractivity contribution is 0.560. The minimum atomic E-state index is -3.87. The summed E-state index contributed by atoms with van der Waals surface area (Å²) in [4.78, 5) is -0.162. The molecular formula is C11H19N3O4S2. The fraction of sp³-hybridized carbons (Fsp3) is 0.455. The standard InChI is InChI=1S/C11H19N3O4S2/c1-11(2,19(3,15)16)7-14-8-4-5-10(9(12)6-8)20(13,17)18/h4-6,14H,7,12H2,1-3H3,(H2,13,17,18). The minimum absolute atomic E-state index is 0.00895. The molecule has 0 heterocycles. The first kappa shape index (κ1) is 16.7. The van der Waals surface area contributed by atoms with Crippen LogP contribution in [0.25, 0.3) is 0 Å². The lowest BCUT2D eigenvalue weighted by atomic mass is 10.2. The van der Waals surface area contributed by atoms with Crippen molar-refractivity contribution >= 4 is 31.2 Å². The summed E-state index contributed by atoms with van der Waals surface area (Å²) in [5.74, 6) is 0. The molecule has 1 aromatic carbocycles. The molecule has 9 heteroatoms. The van der Waals surface area contributed by atoms with Crippen LogP contribution in [0.15, 0.2) is 23.1 Å². The lowest BCUT2D eigenvalue weighted by Gasteiger charge is -2.23. The van der Waals surface area contributed by atoms with Crippen LogP contribution < -0.4 is 16.2 Å². The molecule has 0 spiro atoms. The van der Waals surface area contributed by atoms with E-state index in [4.69, 9.17) is 10.9 Å². The largest absolute Gasteiger partial charge is 0.398 e. The normalized spacial score (nSPS) is 13.2. The van der Waals surface area contributed by atoms with Crippen LogP contribution in [0.3, 0.4) is 0 Å². The molecule has 0 aliphatic heterocycles. The molecule has 0 bridgehead atoms. The number of sulfone groups is 1. The second kappa shape index (κ2) is 5.23. The van der Waals surface area contributed by atoms with E-state index < -0.39 is 24.6 Å². The number of hydrogen-bond donors (Lipinski definition) is 3. The van der Waals surface area contributed by atoms with Crippen LogP contribution in [0.4, 0.5) is 11.4 Å². The maximum Gasteiger partial charge on any atom is 0.240 e. The zero-order chi connectivity index (χ0) is 15.8. The predicted molar refractivity (Wildman–Crippen MR) is 79.6 cm³/mol. The van der Waals surface area contributed by atoms with Gasteiger partial charge >= 0.3 is 0 Å². The van der Waals surface area contributed by atoms with E-state index in [-0.39, 0.29) is 17.1 Å². The number of nitrogens with two attached hydrogens (primary N) is 2. The van der Waals surface area contributed by atoms with Gasteiger partial charge in [0.25, 0.3) is 0 Å². The van der Waals surface area contributed by atoms with Gasteiger partial charge in [0.15, 0.2) is 9.84 Å². The summed E-state index contributed by atoms with van der Waals surface area (Å²) in [5.41, 5.74) is 6.14. The van der Waals surface area contributed by atoms with Crippen molar-refractivity contribution < 1.29 is 16.8 Å². The first-order valence-corrected chi connectivity index (χ1v) is 9.14. The lowest BCUT2D eigenvalue weighted by Crippen LogP contribution is -2.38. The number of nitrogens with one attached hydrogen (secondary N) is 1. The van der Waals surface area contributed by atoms with E-state index >= 15 is 0 Å². The van der Waals surface area contributed by atoms with Gasteiger partial charge in [0.05, 0.1) is 10.4 Å². The van der Waals surface area contributed by atoms with Crippen molar-refractivity contribution in [3.63, 3.8) is 0 Å². The first-order valence-electron chi connectivity index (χ1n) is 5.70. The Bertz CT molecular complexity index is 709. The molecule has 7 nitrogen and oxygen atoms in total. The number of primary sulfonamides is 1. The second-order valence-electron chi connectivity index (χ2n) is 5.18. The highest BCUT2D eigenvalue weighted by molar-refractivity contribution is 7.92. The Labute approximate surface area is 119 Å². The van der Waals surface area contributed by atoms with Gasteiger partial charge in [0, 0.05) is 18.5 Å². The molecule has 0 amide bonds. The van der Waals surface area contributed by atoms with Gasteiger partial charge in [-0.3, -0.25) is 0 Å². The smallest absolute Gasteiger partial charge is 0.240 e.